The monoisotopic (exact) mass is 321 g/mol. The van der Waals surface area contributed by atoms with Crippen molar-refractivity contribution in [2.75, 3.05) is 13.2 Å². The van der Waals surface area contributed by atoms with Gasteiger partial charge in [-0.1, -0.05) is 29.8 Å². The van der Waals surface area contributed by atoms with E-state index >= 15 is 0 Å². The number of aryl methyl sites for hydroxylation is 1. The molecule has 1 aromatic heterocycles. The molecule has 0 aliphatic rings. The van der Waals surface area contributed by atoms with Crippen molar-refractivity contribution in [2.45, 2.75) is 20.8 Å². The number of pyridine rings is 1. The summed E-state index contributed by atoms with van der Waals surface area (Å²) in [6.45, 7) is 5.99. The van der Waals surface area contributed by atoms with Crippen LogP contribution in [0.3, 0.4) is 0 Å². The van der Waals surface area contributed by atoms with Gasteiger partial charge in [-0.2, -0.15) is 0 Å². The van der Waals surface area contributed by atoms with Gasteiger partial charge in [0.2, 0.25) is 5.56 Å². The highest BCUT2D eigenvalue weighted by molar-refractivity contribution is 7.62. The summed E-state index contributed by atoms with van der Waals surface area (Å²) in [5, 5.41) is 0.375. The first-order valence-corrected chi connectivity index (χ1v) is 8.74. The van der Waals surface area contributed by atoms with Gasteiger partial charge in [0.05, 0.1) is 24.2 Å². The van der Waals surface area contributed by atoms with E-state index < -0.39 is 7.60 Å². The molecule has 2 rings (SSSR count). The molecule has 0 radical (unpaired) electrons. The van der Waals surface area contributed by atoms with Gasteiger partial charge in [0.1, 0.15) is 0 Å². The summed E-state index contributed by atoms with van der Waals surface area (Å²) in [4.78, 5) is 14.4. The van der Waals surface area contributed by atoms with Crippen molar-refractivity contribution in [3.8, 4) is 11.3 Å². The van der Waals surface area contributed by atoms with Crippen molar-refractivity contribution in [2.24, 2.45) is 0 Å². The lowest BCUT2D eigenvalue weighted by atomic mass is 10.1. The highest BCUT2D eigenvalue weighted by Crippen LogP contribution is 2.48. The highest BCUT2D eigenvalue weighted by atomic mass is 31.2. The predicted octanol–water partition coefficient (Wildman–Crippen LogP) is 3.24. The van der Waals surface area contributed by atoms with Crippen molar-refractivity contribution in [1.29, 1.82) is 0 Å². The summed E-state index contributed by atoms with van der Waals surface area (Å²) in [6, 6.07) is 10.4. The Morgan fingerprint density at radius 3 is 2.14 bits per heavy atom. The van der Waals surface area contributed by atoms with Gasteiger partial charge in [0.15, 0.2) is 0 Å². The molecule has 0 bridgehead atoms. The zero-order chi connectivity index (χ0) is 16.2. The number of aromatic nitrogens is 1. The molecule has 6 heteroatoms. The Morgan fingerprint density at radius 2 is 1.59 bits per heavy atom. The highest BCUT2D eigenvalue weighted by Gasteiger charge is 2.30. The van der Waals surface area contributed by atoms with E-state index in [1.54, 1.807) is 13.8 Å². The molecule has 22 heavy (non-hydrogen) atoms. The van der Waals surface area contributed by atoms with Crippen LogP contribution in [0, 0.1) is 6.92 Å². The largest absolute Gasteiger partial charge is 0.363 e. The molecule has 0 aliphatic carbocycles. The van der Waals surface area contributed by atoms with Gasteiger partial charge < -0.3 is 14.0 Å². The number of benzene rings is 1. The van der Waals surface area contributed by atoms with Gasteiger partial charge >= 0.3 is 7.60 Å². The molecular formula is C16H20NO4P. The van der Waals surface area contributed by atoms with Crippen LogP contribution in [0.1, 0.15) is 19.4 Å². The van der Waals surface area contributed by atoms with Crippen molar-refractivity contribution < 1.29 is 13.6 Å². The smallest absolute Gasteiger partial charge is 0.321 e. The lowest BCUT2D eigenvalue weighted by Crippen LogP contribution is -2.19. The van der Waals surface area contributed by atoms with Crippen LogP contribution in [0.15, 0.2) is 41.2 Å². The second-order valence-corrected chi connectivity index (χ2v) is 6.78. The van der Waals surface area contributed by atoms with Crippen LogP contribution in [0.5, 0.6) is 0 Å². The molecule has 0 fully saturated rings. The van der Waals surface area contributed by atoms with Crippen LogP contribution in [0.2, 0.25) is 0 Å². The van der Waals surface area contributed by atoms with Gasteiger partial charge in [0.25, 0.3) is 0 Å². The minimum absolute atomic E-state index is 0.254. The average molecular weight is 321 g/mol. The first kappa shape index (κ1) is 16.7. The first-order valence-electron chi connectivity index (χ1n) is 7.20. The molecule has 0 unspecified atom stereocenters. The Hall–Kier alpha value is -1.68. The summed E-state index contributed by atoms with van der Waals surface area (Å²) in [7, 11) is -3.48. The number of hydrogen-bond donors (Lipinski definition) is 1. The Kier molecular flexibility index (Phi) is 5.35. The Balaban J connectivity index is 2.63. The maximum absolute atomic E-state index is 13.0. The molecule has 0 amide bonds. The van der Waals surface area contributed by atoms with Crippen molar-refractivity contribution >= 4 is 12.9 Å². The van der Waals surface area contributed by atoms with E-state index in [0.29, 0.717) is 11.0 Å². The fourth-order valence-corrected chi connectivity index (χ4v) is 3.90. The van der Waals surface area contributed by atoms with Gasteiger partial charge in [0, 0.05) is 6.07 Å². The van der Waals surface area contributed by atoms with Crippen molar-refractivity contribution in [3.05, 3.63) is 52.3 Å². The average Bonchev–Trinajstić information content (AvgIpc) is 2.48. The zero-order valence-electron chi connectivity index (χ0n) is 13.0. The van der Waals surface area contributed by atoms with Crippen LogP contribution in [-0.2, 0) is 13.6 Å². The SMILES string of the molecule is CCOP(=O)(OCC)c1ccc(=O)[nH]c1-c1ccc(C)cc1. The third-order valence-corrected chi connectivity index (χ3v) is 5.29. The van der Waals surface area contributed by atoms with Crippen LogP contribution in [-0.4, -0.2) is 18.2 Å². The third kappa shape index (κ3) is 3.55. The van der Waals surface area contributed by atoms with E-state index in [9.17, 15) is 9.36 Å². The molecule has 2 aromatic rings. The summed E-state index contributed by atoms with van der Waals surface area (Å²) >= 11 is 0. The van der Waals surface area contributed by atoms with E-state index in [-0.39, 0.29) is 18.8 Å². The van der Waals surface area contributed by atoms with E-state index in [1.165, 1.54) is 12.1 Å². The normalized spacial score (nSPS) is 11.6. The molecule has 5 nitrogen and oxygen atoms in total. The lowest BCUT2D eigenvalue weighted by Gasteiger charge is -2.19. The van der Waals surface area contributed by atoms with Gasteiger partial charge in [-0.15, -0.1) is 0 Å². The maximum Gasteiger partial charge on any atom is 0.363 e. The molecule has 0 spiro atoms. The Labute approximate surface area is 129 Å². The summed E-state index contributed by atoms with van der Waals surface area (Å²) in [5.74, 6) is 0. The molecule has 0 saturated carbocycles. The van der Waals surface area contributed by atoms with Crippen LogP contribution < -0.4 is 10.9 Å². The maximum atomic E-state index is 13.0. The molecule has 0 aliphatic heterocycles. The number of H-pyrrole nitrogens is 1. The van der Waals surface area contributed by atoms with E-state index in [0.717, 1.165) is 11.1 Å². The summed E-state index contributed by atoms with van der Waals surface area (Å²) in [6.07, 6.45) is 0. The first-order chi connectivity index (χ1) is 10.5. The molecule has 0 atom stereocenters. The summed E-state index contributed by atoms with van der Waals surface area (Å²) in [5.41, 5.74) is 2.07. The fraction of sp³-hybridized carbons (Fsp3) is 0.312. The number of nitrogens with one attached hydrogen (secondary N) is 1. The molecule has 1 aromatic carbocycles. The minimum Gasteiger partial charge on any atom is -0.321 e. The topological polar surface area (TPSA) is 68.4 Å². The summed E-state index contributed by atoms with van der Waals surface area (Å²) < 4.78 is 23.8. The van der Waals surface area contributed by atoms with E-state index in [1.807, 2.05) is 31.2 Å². The second-order valence-electron chi connectivity index (χ2n) is 4.78. The standard InChI is InChI=1S/C16H20NO4P/c1-4-20-22(19,21-5-2)14-10-11-15(18)17-16(14)13-8-6-12(3)7-9-13/h6-11H,4-5H2,1-3H3,(H,17,18). The molecule has 118 valence electrons. The minimum atomic E-state index is -3.48. The third-order valence-electron chi connectivity index (χ3n) is 3.13. The number of aromatic amines is 1. The molecule has 1 heterocycles. The van der Waals surface area contributed by atoms with Crippen LogP contribution >= 0.6 is 7.60 Å². The second kappa shape index (κ2) is 7.05. The van der Waals surface area contributed by atoms with Crippen molar-refractivity contribution in [1.82, 2.24) is 4.98 Å². The van der Waals surface area contributed by atoms with E-state index in [4.69, 9.17) is 9.05 Å². The molecular weight excluding hydrogens is 301 g/mol. The predicted molar refractivity (Wildman–Crippen MR) is 87.7 cm³/mol. The van der Waals surface area contributed by atoms with Gasteiger partial charge in [-0.3, -0.25) is 9.36 Å². The number of rotatable bonds is 6. The van der Waals surface area contributed by atoms with Crippen molar-refractivity contribution in [3.63, 3.8) is 0 Å². The lowest BCUT2D eigenvalue weighted by molar-refractivity contribution is 0.230. The quantitative estimate of drug-likeness (QED) is 0.829. The Morgan fingerprint density at radius 1 is 1.00 bits per heavy atom. The van der Waals surface area contributed by atoms with Crippen LogP contribution in [0.4, 0.5) is 0 Å². The van der Waals surface area contributed by atoms with Crippen LogP contribution in [0.25, 0.3) is 11.3 Å². The zero-order valence-corrected chi connectivity index (χ0v) is 13.9. The van der Waals surface area contributed by atoms with E-state index in [2.05, 4.69) is 4.98 Å². The Bertz CT molecular complexity index is 727. The van der Waals surface area contributed by atoms with Gasteiger partial charge in [-0.05, 0) is 32.4 Å². The fourth-order valence-electron chi connectivity index (χ4n) is 2.15. The number of hydrogen-bond acceptors (Lipinski definition) is 4. The molecule has 0 saturated heterocycles. The van der Waals surface area contributed by atoms with Gasteiger partial charge in [-0.25, -0.2) is 0 Å². The molecule has 1 N–H and O–H groups in total.